The molecule has 0 spiro atoms. The monoisotopic (exact) mass is 226 g/mol. The molecule has 0 aliphatic rings. The fourth-order valence-corrected chi connectivity index (χ4v) is 1.51. The third kappa shape index (κ3) is 8.03. The minimum absolute atomic E-state index is 0. The van der Waals surface area contributed by atoms with Crippen molar-refractivity contribution in [3.63, 3.8) is 0 Å². The summed E-state index contributed by atoms with van der Waals surface area (Å²) in [6, 6.07) is 8.71. The minimum atomic E-state index is -3.89. The van der Waals surface area contributed by atoms with Gasteiger partial charge >= 0.3 is 59.0 Å². The van der Waals surface area contributed by atoms with E-state index in [1.807, 2.05) is 6.07 Å². The quantitative estimate of drug-likeness (QED) is 0.379. The van der Waals surface area contributed by atoms with E-state index in [1.165, 1.54) is 0 Å². The Balaban J connectivity index is 0. The molecule has 5 heteroatoms. The maximum atomic E-state index is 10.5. The van der Waals surface area contributed by atoms with Crippen LogP contribution in [0.2, 0.25) is 0 Å². The predicted octanol–water partition coefficient (Wildman–Crippen LogP) is -1.18. The van der Waals surface area contributed by atoms with Gasteiger partial charge in [-0.25, -0.2) is 0 Å². The van der Waals surface area contributed by atoms with Crippen LogP contribution < -0.4 is 51.4 Å². The van der Waals surface area contributed by atoms with Crippen LogP contribution in [-0.4, -0.2) is 9.79 Å². The second kappa shape index (κ2) is 7.32. The van der Waals surface area contributed by atoms with E-state index in [4.69, 9.17) is 9.79 Å². The number of hydrogen-bond donors (Lipinski definition) is 2. The molecule has 2 N–H and O–H groups in total. The van der Waals surface area contributed by atoms with Gasteiger partial charge in [0.15, 0.2) is 0 Å². The van der Waals surface area contributed by atoms with Crippen molar-refractivity contribution in [1.82, 2.24) is 0 Å². The topological polar surface area (TPSA) is 57.5 Å². The van der Waals surface area contributed by atoms with Gasteiger partial charge in [0.25, 0.3) is 0 Å². The van der Waals surface area contributed by atoms with Crippen LogP contribution in [0.5, 0.6) is 0 Å². The van der Waals surface area contributed by atoms with E-state index in [0.717, 1.165) is 0 Å². The van der Waals surface area contributed by atoms with E-state index >= 15 is 0 Å². The fourth-order valence-electron chi connectivity index (χ4n) is 0.821. The molecule has 1 aromatic carbocycles. The molecule has 1 rings (SSSR count). The molecule has 0 aromatic heterocycles. The van der Waals surface area contributed by atoms with Gasteiger partial charge in [0.05, 0.1) is 6.16 Å². The SMILES string of the molecule is O=P(O)(O)Cc1ccccc1.[CH3-].[K+]. The molecule has 1 aromatic rings. The van der Waals surface area contributed by atoms with Gasteiger partial charge in [0.2, 0.25) is 0 Å². The maximum absolute atomic E-state index is 10.5. The molecule has 68 valence electrons. The fraction of sp³-hybridized carbons (Fsp3) is 0.125. The summed E-state index contributed by atoms with van der Waals surface area (Å²) >= 11 is 0. The van der Waals surface area contributed by atoms with Crippen molar-refractivity contribution in [3.8, 4) is 0 Å². The van der Waals surface area contributed by atoms with Gasteiger partial charge in [-0.2, -0.15) is 0 Å². The second-order valence-electron chi connectivity index (χ2n) is 2.31. The summed E-state index contributed by atoms with van der Waals surface area (Å²) in [5.41, 5.74) is 0.667. The molecule has 0 heterocycles. The van der Waals surface area contributed by atoms with Crippen molar-refractivity contribution in [2.45, 2.75) is 6.16 Å². The Labute approximate surface area is 121 Å². The third-order valence-corrected chi connectivity index (χ3v) is 2.01. The standard InChI is InChI=1S/C7H9O3P.CH3.K/c8-11(9,10)6-7-4-2-1-3-5-7;;/h1-5H,6H2,(H2,8,9,10);1H3;/q;-1;+1. The first-order chi connectivity index (χ1) is 5.08. The van der Waals surface area contributed by atoms with E-state index in [0.29, 0.717) is 5.56 Å². The van der Waals surface area contributed by atoms with Crippen molar-refractivity contribution < 1.29 is 65.7 Å². The van der Waals surface area contributed by atoms with E-state index < -0.39 is 7.60 Å². The van der Waals surface area contributed by atoms with Crippen molar-refractivity contribution in [2.75, 3.05) is 0 Å². The summed E-state index contributed by atoms with van der Waals surface area (Å²) in [7, 11) is -3.89. The summed E-state index contributed by atoms with van der Waals surface area (Å²) in [5, 5.41) is 0. The molecule has 0 aliphatic heterocycles. The van der Waals surface area contributed by atoms with Gasteiger partial charge in [-0.3, -0.25) is 4.57 Å². The second-order valence-corrected chi connectivity index (χ2v) is 3.95. The Bertz CT molecular complexity index is 270. The van der Waals surface area contributed by atoms with Crippen molar-refractivity contribution in [2.24, 2.45) is 0 Å². The zero-order valence-corrected chi connectivity index (χ0v) is 11.9. The first-order valence-electron chi connectivity index (χ1n) is 3.16. The zero-order chi connectivity index (χ0) is 8.32. The van der Waals surface area contributed by atoms with Crippen LogP contribution in [-0.2, 0) is 10.7 Å². The summed E-state index contributed by atoms with van der Waals surface area (Å²) in [6.45, 7) is 0. The van der Waals surface area contributed by atoms with Crippen molar-refractivity contribution in [3.05, 3.63) is 43.3 Å². The van der Waals surface area contributed by atoms with Crippen molar-refractivity contribution >= 4 is 7.60 Å². The van der Waals surface area contributed by atoms with E-state index in [2.05, 4.69) is 0 Å². The van der Waals surface area contributed by atoms with Crippen LogP contribution in [0.3, 0.4) is 0 Å². The summed E-state index contributed by atoms with van der Waals surface area (Å²) in [5.74, 6) is 0. The van der Waals surface area contributed by atoms with E-state index in [1.54, 1.807) is 24.3 Å². The Morgan fingerprint density at radius 3 is 2.00 bits per heavy atom. The molecule has 0 fully saturated rings. The Morgan fingerprint density at radius 1 is 1.15 bits per heavy atom. The van der Waals surface area contributed by atoms with Gasteiger partial charge in [-0.05, 0) is 5.56 Å². The van der Waals surface area contributed by atoms with Crippen LogP contribution in [0.4, 0.5) is 0 Å². The van der Waals surface area contributed by atoms with Crippen molar-refractivity contribution in [1.29, 1.82) is 0 Å². The first-order valence-corrected chi connectivity index (χ1v) is 4.96. The summed E-state index contributed by atoms with van der Waals surface area (Å²) < 4.78 is 10.5. The van der Waals surface area contributed by atoms with Gasteiger partial charge in [0.1, 0.15) is 0 Å². The maximum Gasteiger partial charge on any atom is 1.00 e. The van der Waals surface area contributed by atoms with Crippen LogP contribution in [0.15, 0.2) is 30.3 Å². The molecule has 0 amide bonds. The normalized spacial score (nSPS) is 9.69. The van der Waals surface area contributed by atoms with Crippen LogP contribution in [0, 0.1) is 7.43 Å². The average molecular weight is 226 g/mol. The largest absolute Gasteiger partial charge is 1.00 e. The summed E-state index contributed by atoms with van der Waals surface area (Å²) in [6.07, 6.45) is -0.173. The molecular formula is C8H12KO3P. The zero-order valence-electron chi connectivity index (χ0n) is 7.84. The van der Waals surface area contributed by atoms with Crippen LogP contribution in [0.25, 0.3) is 0 Å². The van der Waals surface area contributed by atoms with Crippen LogP contribution in [0.1, 0.15) is 5.56 Å². The van der Waals surface area contributed by atoms with Gasteiger partial charge < -0.3 is 17.2 Å². The van der Waals surface area contributed by atoms with E-state index in [-0.39, 0.29) is 65.0 Å². The number of rotatable bonds is 2. The number of hydrogen-bond acceptors (Lipinski definition) is 1. The Kier molecular flexibility index (Phi) is 9.25. The Hall–Kier alpha value is 1.01. The number of benzene rings is 1. The minimum Gasteiger partial charge on any atom is -0.358 e. The molecule has 0 radical (unpaired) electrons. The average Bonchev–Trinajstić information content (AvgIpc) is 1.85. The first kappa shape index (κ1) is 16.4. The molecular weight excluding hydrogens is 214 g/mol. The molecule has 0 atom stereocenters. The molecule has 0 unspecified atom stereocenters. The Morgan fingerprint density at radius 2 is 1.62 bits per heavy atom. The predicted molar refractivity (Wildman–Crippen MR) is 48.6 cm³/mol. The smallest absolute Gasteiger partial charge is 0.358 e. The molecule has 0 saturated carbocycles. The van der Waals surface area contributed by atoms with Crippen LogP contribution >= 0.6 is 7.60 Å². The molecule has 0 bridgehead atoms. The molecule has 0 saturated heterocycles. The molecule has 13 heavy (non-hydrogen) atoms. The van der Waals surface area contributed by atoms with E-state index in [9.17, 15) is 4.57 Å². The summed E-state index contributed by atoms with van der Waals surface area (Å²) in [4.78, 5) is 17.2. The molecule has 3 nitrogen and oxygen atoms in total. The molecule has 0 aliphatic carbocycles. The third-order valence-electron chi connectivity index (χ3n) is 1.23. The van der Waals surface area contributed by atoms with Gasteiger partial charge in [0, 0.05) is 0 Å². The van der Waals surface area contributed by atoms with Gasteiger partial charge in [-0.15, -0.1) is 0 Å². The van der Waals surface area contributed by atoms with Gasteiger partial charge in [-0.1, -0.05) is 30.3 Å².